The Morgan fingerprint density at radius 2 is 2.21 bits per heavy atom. The summed E-state index contributed by atoms with van der Waals surface area (Å²) in [4.78, 5) is 2.33. The molecular formula is C15H20BrFN2. The van der Waals surface area contributed by atoms with E-state index in [0.29, 0.717) is 4.47 Å². The number of nitrogens with zero attached hydrogens (tertiary/aromatic N) is 1. The smallest absolute Gasteiger partial charge is 0.139 e. The van der Waals surface area contributed by atoms with Crippen molar-refractivity contribution in [2.45, 2.75) is 31.7 Å². The molecule has 1 unspecified atom stereocenters. The van der Waals surface area contributed by atoms with E-state index in [-0.39, 0.29) is 11.4 Å². The number of anilines is 1. The minimum atomic E-state index is -0.178. The second kappa shape index (κ2) is 5.06. The summed E-state index contributed by atoms with van der Waals surface area (Å²) in [5, 5.41) is 3.70. The number of benzene rings is 1. The van der Waals surface area contributed by atoms with E-state index < -0.39 is 0 Å². The molecule has 0 amide bonds. The Balaban J connectivity index is 1.83. The second-order valence-corrected chi connectivity index (χ2v) is 6.85. The second-order valence-electron chi connectivity index (χ2n) is 5.99. The van der Waals surface area contributed by atoms with Gasteiger partial charge in [-0.05, 0) is 72.8 Å². The highest BCUT2D eigenvalue weighted by molar-refractivity contribution is 9.10. The maximum atomic E-state index is 13.7. The van der Waals surface area contributed by atoms with Crippen LogP contribution < -0.4 is 10.2 Å². The normalized spacial score (nSPS) is 28.3. The number of rotatable bonds is 2. The first kappa shape index (κ1) is 13.4. The molecule has 1 aliphatic carbocycles. The van der Waals surface area contributed by atoms with Crippen molar-refractivity contribution in [3.05, 3.63) is 28.5 Å². The van der Waals surface area contributed by atoms with Gasteiger partial charge in [0.1, 0.15) is 5.82 Å². The van der Waals surface area contributed by atoms with E-state index in [1.807, 2.05) is 6.07 Å². The summed E-state index contributed by atoms with van der Waals surface area (Å²) in [5.41, 5.74) is 1.18. The predicted molar refractivity (Wildman–Crippen MR) is 80.1 cm³/mol. The maximum Gasteiger partial charge on any atom is 0.139 e. The van der Waals surface area contributed by atoms with E-state index in [1.54, 1.807) is 12.1 Å². The summed E-state index contributed by atoms with van der Waals surface area (Å²) in [6.07, 6.45) is 3.76. The SMILES string of the molecule is CC1(C2CC2)CN(c2ccc(Br)c(F)c2)CCCN1. The molecular weight excluding hydrogens is 307 g/mol. The molecule has 0 aromatic heterocycles. The standard InChI is InChI=1S/C15H20BrFN2/c1-15(11-3-4-11)10-19(8-2-7-18-15)12-5-6-13(16)14(17)9-12/h5-6,9,11,18H,2-4,7-8,10H2,1H3. The Hall–Kier alpha value is -0.610. The van der Waals surface area contributed by atoms with Crippen LogP contribution >= 0.6 is 15.9 Å². The van der Waals surface area contributed by atoms with Gasteiger partial charge in [-0.15, -0.1) is 0 Å². The molecule has 104 valence electrons. The summed E-state index contributed by atoms with van der Waals surface area (Å²) in [6.45, 7) is 5.34. The molecule has 1 saturated carbocycles. The van der Waals surface area contributed by atoms with Crippen LogP contribution in [0.1, 0.15) is 26.2 Å². The maximum absolute atomic E-state index is 13.7. The lowest BCUT2D eigenvalue weighted by atomic mass is 9.95. The van der Waals surface area contributed by atoms with Gasteiger partial charge in [0, 0.05) is 24.3 Å². The zero-order valence-electron chi connectivity index (χ0n) is 11.3. The van der Waals surface area contributed by atoms with Gasteiger partial charge in [-0.2, -0.15) is 0 Å². The average molecular weight is 327 g/mol. The van der Waals surface area contributed by atoms with E-state index in [4.69, 9.17) is 0 Å². The topological polar surface area (TPSA) is 15.3 Å². The van der Waals surface area contributed by atoms with Crippen molar-refractivity contribution < 1.29 is 4.39 Å². The van der Waals surface area contributed by atoms with Crippen LogP contribution in [-0.4, -0.2) is 25.2 Å². The highest BCUT2D eigenvalue weighted by Crippen LogP contribution is 2.41. The molecule has 1 saturated heterocycles. The van der Waals surface area contributed by atoms with Crippen LogP contribution in [0.2, 0.25) is 0 Å². The number of hydrogen-bond acceptors (Lipinski definition) is 2. The van der Waals surface area contributed by atoms with Crippen LogP contribution in [0.3, 0.4) is 0 Å². The van der Waals surface area contributed by atoms with Crippen LogP contribution in [0.25, 0.3) is 0 Å². The van der Waals surface area contributed by atoms with Crippen molar-refractivity contribution in [2.75, 3.05) is 24.5 Å². The van der Waals surface area contributed by atoms with Crippen LogP contribution in [-0.2, 0) is 0 Å². The van der Waals surface area contributed by atoms with Gasteiger partial charge in [-0.1, -0.05) is 0 Å². The number of nitrogens with one attached hydrogen (secondary N) is 1. The minimum Gasteiger partial charge on any atom is -0.370 e. The number of halogens is 2. The molecule has 1 aliphatic heterocycles. The number of hydrogen-bond donors (Lipinski definition) is 1. The Morgan fingerprint density at radius 1 is 1.42 bits per heavy atom. The third-order valence-corrected chi connectivity index (χ3v) is 5.04. The highest BCUT2D eigenvalue weighted by Gasteiger charge is 2.43. The highest BCUT2D eigenvalue weighted by atomic mass is 79.9. The van der Waals surface area contributed by atoms with Gasteiger partial charge in [-0.3, -0.25) is 0 Å². The Labute approximate surface area is 122 Å². The zero-order chi connectivity index (χ0) is 13.5. The molecule has 1 aromatic carbocycles. The third kappa shape index (κ3) is 2.79. The third-order valence-electron chi connectivity index (χ3n) is 4.40. The van der Waals surface area contributed by atoms with Crippen molar-refractivity contribution in [2.24, 2.45) is 5.92 Å². The summed E-state index contributed by atoms with van der Waals surface area (Å²) in [5.74, 6) is 0.608. The molecule has 1 aromatic rings. The van der Waals surface area contributed by atoms with Gasteiger partial charge in [0.15, 0.2) is 0 Å². The molecule has 2 fully saturated rings. The molecule has 4 heteroatoms. The first-order valence-electron chi connectivity index (χ1n) is 7.03. The molecule has 2 aliphatic rings. The summed E-state index contributed by atoms with van der Waals surface area (Å²) >= 11 is 3.22. The fourth-order valence-corrected chi connectivity index (χ4v) is 3.32. The molecule has 0 spiro atoms. The van der Waals surface area contributed by atoms with E-state index in [0.717, 1.165) is 37.7 Å². The van der Waals surface area contributed by atoms with Gasteiger partial charge >= 0.3 is 0 Å². The van der Waals surface area contributed by atoms with Crippen LogP contribution in [0.5, 0.6) is 0 Å². The van der Waals surface area contributed by atoms with Crippen molar-refractivity contribution >= 4 is 21.6 Å². The first-order chi connectivity index (χ1) is 9.08. The van der Waals surface area contributed by atoms with E-state index >= 15 is 0 Å². The minimum absolute atomic E-state index is 0.178. The molecule has 3 rings (SSSR count). The van der Waals surface area contributed by atoms with Crippen LogP contribution in [0.4, 0.5) is 10.1 Å². The van der Waals surface area contributed by atoms with Crippen molar-refractivity contribution in [1.82, 2.24) is 5.32 Å². The van der Waals surface area contributed by atoms with Gasteiger partial charge < -0.3 is 10.2 Å². The fraction of sp³-hybridized carbons (Fsp3) is 0.600. The summed E-state index contributed by atoms with van der Waals surface area (Å²) in [7, 11) is 0. The van der Waals surface area contributed by atoms with Gasteiger partial charge in [-0.25, -0.2) is 4.39 Å². The molecule has 0 bridgehead atoms. The summed E-state index contributed by atoms with van der Waals surface area (Å²) in [6, 6.07) is 5.45. The van der Waals surface area contributed by atoms with Gasteiger partial charge in [0.2, 0.25) is 0 Å². The van der Waals surface area contributed by atoms with Gasteiger partial charge in [0.05, 0.1) is 4.47 Å². The lowest BCUT2D eigenvalue weighted by molar-refractivity contribution is 0.331. The van der Waals surface area contributed by atoms with Crippen molar-refractivity contribution in [1.29, 1.82) is 0 Å². The van der Waals surface area contributed by atoms with E-state index in [9.17, 15) is 4.39 Å². The molecule has 19 heavy (non-hydrogen) atoms. The molecule has 1 atom stereocenters. The lowest BCUT2D eigenvalue weighted by Crippen LogP contribution is -2.51. The van der Waals surface area contributed by atoms with Crippen molar-refractivity contribution in [3.8, 4) is 0 Å². The average Bonchev–Trinajstić information content (AvgIpc) is 3.19. The van der Waals surface area contributed by atoms with E-state index in [1.165, 1.54) is 12.8 Å². The zero-order valence-corrected chi connectivity index (χ0v) is 12.8. The molecule has 2 nitrogen and oxygen atoms in total. The predicted octanol–water partition coefficient (Wildman–Crippen LogP) is 3.56. The lowest BCUT2D eigenvalue weighted by Gasteiger charge is -2.35. The Kier molecular flexibility index (Phi) is 3.56. The van der Waals surface area contributed by atoms with Gasteiger partial charge in [0.25, 0.3) is 0 Å². The van der Waals surface area contributed by atoms with E-state index in [2.05, 4.69) is 33.1 Å². The molecule has 1 N–H and O–H groups in total. The molecule has 1 heterocycles. The van der Waals surface area contributed by atoms with Crippen LogP contribution in [0, 0.1) is 11.7 Å². The summed E-state index contributed by atoms with van der Waals surface area (Å²) < 4.78 is 14.2. The monoisotopic (exact) mass is 326 g/mol. The first-order valence-corrected chi connectivity index (χ1v) is 7.83. The Bertz CT molecular complexity index is 475. The molecule has 0 radical (unpaired) electrons. The largest absolute Gasteiger partial charge is 0.370 e. The van der Waals surface area contributed by atoms with Crippen molar-refractivity contribution in [3.63, 3.8) is 0 Å². The Morgan fingerprint density at radius 3 is 2.89 bits per heavy atom. The quantitative estimate of drug-likeness (QED) is 0.894. The van der Waals surface area contributed by atoms with Crippen LogP contribution in [0.15, 0.2) is 22.7 Å². The fourth-order valence-electron chi connectivity index (χ4n) is 3.07.